The Morgan fingerprint density at radius 1 is 0.606 bits per heavy atom. The second-order valence-electron chi connectivity index (χ2n) is 8.01. The summed E-state index contributed by atoms with van der Waals surface area (Å²) in [5.74, 6) is 0. The molecule has 6 rings (SSSR count). The number of hydrogen-bond donors (Lipinski definition) is 1. The van der Waals surface area contributed by atoms with Crippen LogP contribution < -0.4 is 5.32 Å². The minimum absolute atomic E-state index is 0.713. The smallest absolute Gasteiger partial charge is 0.0550 e. The summed E-state index contributed by atoms with van der Waals surface area (Å²) in [4.78, 5) is 0. The molecule has 6 aromatic rings. The van der Waals surface area contributed by atoms with E-state index in [0.717, 1.165) is 11.4 Å². The standard InChI is InChI=1S/C30H20ClNS/c31-22-14-9-15-23(18-22)32-30-25(20-10-3-1-4-11-20)19-27-29(24-16-7-8-17-26(24)33-27)28(30)21-12-5-2-6-13-21/h1-19,32H. The number of hydrogen-bond acceptors (Lipinski definition) is 2. The van der Waals surface area contributed by atoms with Crippen molar-refractivity contribution in [2.45, 2.75) is 0 Å². The van der Waals surface area contributed by atoms with Crippen molar-refractivity contribution in [1.82, 2.24) is 0 Å². The minimum atomic E-state index is 0.713. The van der Waals surface area contributed by atoms with Crippen LogP contribution in [0.2, 0.25) is 5.02 Å². The van der Waals surface area contributed by atoms with Crippen LogP contribution in [-0.4, -0.2) is 0 Å². The molecule has 5 aromatic carbocycles. The summed E-state index contributed by atoms with van der Waals surface area (Å²) in [6.45, 7) is 0. The molecular weight excluding hydrogens is 442 g/mol. The number of fused-ring (bicyclic) bond motifs is 3. The van der Waals surface area contributed by atoms with Crippen LogP contribution in [0.25, 0.3) is 42.4 Å². The van der Waals surface area contributed by atoms with Gasteiger partial charge in [-0.15, -0.1) is 11.3 Å². The van der Waals surface area contributed by atoms with Crippen LogP contribution in [0.1, 0.15) is 0 Å². The molecular formula is C30H20ClNS. The van der Waals surface area contributed by atoms with E-state index in [1.165, 1.54) is 42.4 Å². The number of nitrogens with one attached hydrogen (secondary N) is 1. The summed E-state index contributed by atoms with van der Waals surface area (Å²) in [5, 5.41) is 7.02. The van der Waals surface area contributed by atoms with Gasteiger partial charge < -0.3 is 5.32 Å². The zero-order valence-corrected chi connectivity index (χ0v) is 19.3. The molecule has 0 bridgehead atoms. The van der Waals surface area contributed by atoms with Crippen molar-refractivity contribution in [3.8, 4) is 22.3 Å². The second-order valence-corrected chi connectivity index (χ2v) is 9.53. The van der Waals surface area contributed by atoms with E-state index in [-0.39, 0.29) is 0 Å². The van der Waals surface area contributed by atoms with Crippen molar-refractivity contribution in [3.05, 3.63) is 120 Å². The van der Waals surface area contributed by atoms with Gasteiger partial charge in [0.05, 0.1) is 5.69 Å². The van der Waals surface area contributed by atoms with E-state index in [4.69, 9.17) is 11.6 Å². The Kier molecular flexibility index (Phi) is 5.10. The third kappa shape index (κ3) is 3.68. The molecule has 33 heavy (non-hydrogen) atoms. The average molecular weight is 462 g/mol. The van der Waals surface area contributed by atoms with Gasteiger partial charge in [-0.3, -0.25) is 0 Å². The third-order valence-electron chi connectivity index (χ3n) is 5.91. The lowest BCUT2D eigenvalue weighted by Crippen LogP contribution is -1.97. The Labute approximate surface area is 201 Å². The van der Waals surface area contributed by atoms with Gasteiger partial charge >= 0.3 is 0 Å². The minimum Gasteiger partial charge on any atom is -0.354 e. The Morgan fingerprint density at radius 3 is 2.06 bits per heavy atom. The molecule has 0 aliphatic heterocycles. The molecule has 0 spiro atoms. The molecule has 0 fully saturated rings. The van der Waals surface area contributed by atoms with Crippen molar-refractivity contribution in [2.24, 2.45) is 0 Å². The van der Waals surface area contributed by atoms with Crippen molar-refractivity contribution in [1.29, 1.82) is 0 Å². The highest BCUT2D eigenvalue weighted by Gasteiger charge is 2.20. The van der Waals surface area contributed by atoms with Crippen LogP contribution in [0.5, 0.6) is 0 Å². The summed E-state index contributed by atoms with van der Waals surface area (Å²) in [6.07, 6.45) is 0. The van der Waals surface area contributed by atoms with Crippen molar-refractivity contribution in [3.63, 3.8) is 0 Å². The summed E-state index contributed by atoms with van der Waals surface area (Å²) in [7, 11) is 0. The van der Waals surface area contributed by atoms with Crippen LogP contribution >= 0.6 is 22.9 Å². The molecule has 0 unspecified atom stereocenters. The Balaban J connectivity index is 1.76. The fourth-order valence-electron chi connectivity index (χ4n) is 4.47. The fourth-order valence-corrected chi connectivity index (χ4v) is 5.81. The molecule has 3 heteroatoms. The third-order valence-corrected chi connectivity index (χ3v) is 7.26. The lowest BCUT2D eigenvalue weighted by atomic mass is 9.91. The molecule has 0 aliphatic carbocycles. The average Bonchev–Trinajstić information content (AvgIpc) is 3.23. The van der Waals surface area contributed by atoms with Gasteiger partial charge in [-0.25, -0.2) is 0 Å². The molecule has 0 saturated carbocycles. The molecule has 1 aromatic heterocycles. The van der Waals surface area contributed by atoms with E-state index in [1.807, 2.05) is 29.5 Å². The summed E-state index contributed by atoms with van der Waals surface area (Å²) < 4.78 is 2.58. The van der Waals surface area contributed by atoms with Gasteiger partial charge in [0, 0.05) is 42.0 Å². The van der Waals surface area contributed by atoms with Gasteiger partial charge in [0.15, 0.2) is 0 Å². The molecule has 0 amide bonds. The first-order valence-electron chi connectivity index (χ1n) is 10.9. The van der Waals surface area contributed by atoms with E-state index in [1.54, 1.807) is 0 Å². The van der Waals surface area contributed by atoms with Crippen LogP contribution in [-0.2, 0) is 0 Å². The van der Waals surface area contributed by atoms with Gasteiger partial charge in [0.1, 0.15) is 0 Å². The topological polar surface area (TPSA) is 12.0 Å². The predicted octanol–water partition coefficient (Wildman–Crippen LogP) is 9.79. The predicted molar refractivity (Wildman–Crippen MR) is 145 cm³/mol. The van der Waals surface area contributed by atoms with Crippen molar-refractivity contribution < 1.29 is 0 Å². The maximum Gasteiger partial charge on any atom is 0.0550 e. The Morgan fingerprint density at radius 2 is 1.30 bits per heavy atom. The molecule has 1 nitrogen and oxygen atoms in total. The lowest BCUT2D eigenvalue weighted by Gasteiger charge is -2.19. The molecule has 0 radical (unpaired) electrons. The zero-order chi connectivity index (χ0) is 22.2. The Bertz CT molecular complexity index is 1590. The Hall–Kier alpha value is -3.59. The largest absolute Gasteiger partial charge is 0.354 e. The van der Waals surface area contributed by atoms with Gasteiger partial charge in [0.25, 0.3) is 0 Å². The lowest BCUT2D eigenvalue weighted by molar-refractivity contribution is 1.54. The first-order valence-corrected chi connectivity index (χ1v) is 12.1. The molecule has 1 heterocycles. The van der Waals surface area contributed by atoms with E-state index in [2.05, 4.69) is 102 Å². The zero-order valence-electron chi connectivity index (χ0n) is 17.8. The molecule has 158 valence electrons. The van der Waals surface area contributed by atoms with Crippen molar-refractivity contribution in [2.75, 3.05) is 5.32 Å². The summed E-state index contributed by atoms with van der Waals surface area (Å²) in [5.41, 5.74) is 6.81. The van der Waals surface area contributed by atoms with E-state index < -0.39 is 0 Å². The quantitative estimate of drug-likeness (QED) is 0.275. The first kappa shape index (κ1) is 20.0. The van der Waals surface area contributed by atoms with Gasteiger partial charge in [-0.2, -0.15) is 0 Å². The van der Waals surface area contributed by atoms with Crippen molar-refractivity contribution >= 4 is 54.5 Å². The molecule has 0 aliphatic rings. The SMILES string of the molecule is Clc1cccc(Nc2c(-c3ccccc3)cc3sc4ccccc4c3c2-c2ccccc2)c1. The number of thiophene rings is 1. The fraction of sp³-hybridized carbons (Fsp3) is 0. The first-order chi connectivity index (χ1) is 16.3. The van der Waals surface area contributed by atoms with Crippen LogP contribution in [0.15, 0.2) is 115 Å². The highest BCUT2D eigenvalue weighted by atomic mass is 35.5. The van der Waals surface area contributed by atoms with Crippen LogP contribution in [0, 0.1) is 0 Å². The molecule has 1 N–H and O–H groups in total. The molecule has 0 atom stereocenters. The van der Waals surface area contributed by atoms with E-state index in [0.29, 0.717) is 5.02 Å². The van der Waals surface area contributed by atoms with Gasteiger partial charge in [0.2, 0.25) is 0 Å². The van der Waals surface area contributed by atoms with Gasteiger partial charge in [-0.1, -0.05) is 96.5 Å². The normalized spacial score (nSPS) is 11.2. The highest BCUT2D eigenvalue weighted by Crippen LogP contribution is 2.48. The number of rotatable bonds is 4. The second kappa shape index (κ2) is 8.40. The number of benzene rings is 5. The van der Waals surface area contributed by atoms with E-state index in [9.17, 15) is 0 Å². The number of halogens is 1. The van der Waals surface area contributed by atoms with Gasteiger partial charge in [-0.05, 0) is 41.5 Å². The maximum absolute atomic E-state index is 6.34. The molecule has 0 saturated heterocycles. The summed E-state index contributed by atoms with van der Waals surface area (Å²) in [6, 6.07) is 40.2. The highest BCUT2D eigenvalue weighted by molar-refractivity contribution is 7.26. The number of anilines is 2. The van der Waals surface area contributed by atoms with Crippen LogP contribution in [0.4, 0.5) is 11.4 Å². The maximum atomic E-state index is 6.34. The summed E-state index contributed by atoms with van der Waals surface area (Å²) >= 11 is 8.19. The van der Waals surface area contributed by atoms with E-state index >= 15 is 0 Å². The monoisotopic (exact) mass is 461 g/mol. The van der Waals surface area contributed by atoms with Crippen LogP contribution in [0.3, 0.4) is 0 Å².